The fourth-order valence-electron chi connectivity index (χ4n) is 2.35. The summed E-state index contributed by atoms with van der Waals surface area (Å²) in [5.41, 5.74) is -0.531. The number of nitro benzene ring substituents is 1. The molecule has 1 amide bonds. The van der Waals surface area contributed by atoms with Gasteiger partial charge in [0.1, 0.15) is 4.90 Å². The Bertz CT molecular complexity index is 757. The van der Waals surface area contributed by atoms with Crippen molar-refractivity contribution in [1.29, 1.82) is 0 Å². The van der Waals surface area contributed by atoms with Crippen molar-refractivity contribution in [3.05, 3.63) is 33.9 Å². The number of halogens is 1. The van der Waals surface area contributed by atoms with Gasteiger partial charge in [0.2, 0.25) is 0 Å². The Morgan fingerprint density at radius 2 is 2.05 bits per heavy atom. The summed E-state index contributed by atoms with van der Waals surface area (Å²) >= 11 is 3.34. The van der Waals surface area contributed by atoms with Crippen LogP contribution in [0.2, 0.25) is 0 Å². The lowest BCUT2D eigenvalue weighted by molar-refractivity contribution is -0.385. The molecule has 1 aromatic rings. The number of hydrogen-bond donors (Lipinski definition) is 0. The smallest absolute Gasteiger partial charge is 0.268 e. The highest BCUT2D eigenvalue weighted by Crippen LogP contribution is 2.49. The van der Waals surface area contributed by atoms with Crippen LogP contribution in [0.1, 0.15) is 23.2 Å². The summed E-state index contributed by atoms with van der Waals surface area (Å²) < 4.78 is 25.8. The molecule has 9 heteroatoms. The van der Waals surface area contributed by atoms with Gasteiger partial charge >= 0.3 is 0 Å². The van der Waals surface area contributed by atoms with Crippen LogP contribution in [0, 0.1) is 15.5 Å². The van der Waals surface area contributed by atoms with E-state index in [2.05, 4.69) is 15.9 Å². The minimum absolute atomic E-state index is 0.00553. The lowest BCUT2D eigenvalue weighted by Gasteiger charge is -2.20. The van der Waals surface area contributed by atoms with E-state index in [-0.39, 0.29) is 28.1 Å². The van der Waals surface area contributed by atoms with E-state index in [0.29, 0.717) is 5.33 Å². The molecule has 0 aromatic heterocycles. The maximum atomic E-state index is 12.5. The molecule has 3 rings (SSSR count). The fourth-order valence-corrected chi connectivity index (χ4v) is 4.79. The molecule has 1 aliphatic heterocycles. The summed E-state index contributed by atoms with van der Waals surface area (Å²) in [5.74, 6) is -0.605. The molecule has 1 heterocycles. The Labute approximate surface area is 129 Å². The third-order valence-corrected chi connectivity index (χ3v) is 6.88. The maximum absolute atomic E-state index is 12.5. The second-order valence-corrected chi connectivity index (χ2v) is 7.78. The van der Waals surface area contributed by atoms with Crippen LogP contribution in [0.4, 0.5) is 5.69 Å². The fraction of sp³-hybridized carbons (Fsp3) is 0.417. The molecule has 112 valence electrons. The molecular weight excluding hydrogens is 364 g/mol. The molecule has 0 bridgehead atoms. The van der Waals surface area contributed by atoms with E-state index < -0.39 is 20.9 Å². The van der Waals surface area contributed by atoms with E-state index in [1.807, 2.05) is 0 Å². The van der Waals surface area contributed by atoms with Crippen molar-refractivity contribution in [2.75, 3.05) is 11.9 Å². The van der Waals surface area contributed by atoms with Gasteiger partial charge in [0, 0.05) is 24.0 Å². The van der Waals surface area contributed by atoms with E-state index >= 15 is 0 Å². The summed E-state index contributed by atoms with van der Waals surface area (Å²) in [7, 11) is -4.00. The summed E-state index contributed by atoms with van der Waals surface area (Å²) in [6.07, 6.45) is 1.71. The number of alkyl halides is 1. The van der Waals surface area contributed by atoms with Gasteiger partial charge in [0.25, 0.3) is 21.6 Å². The quantitative estimate of drug-likeness (QED) is 0.455. The van der Waals surface area contributed by atoms with Crippen molar-refractivity contribution in [3.8, 4) is 0 Å². The molecule has 0 radical (unpaired) electrons. The zero-order chi connectivity index (χ0) is 15.4. The minimum atomic E-state index is -4.00. The summed E-state index contributed by atoms with van der Waals surface area (Å²) in [6, 6.07) is 3.31. The van der Waals surface area contributed by atoms with Crippen molar-refractivity contribution in [2.45, 2.75) is 17.7 Å². The highest BCUT2D eigenvalue weighted by Gasteiger charge is 2.50. The second-order valence-electron chi connectivity index (χ2n) is 5.39. The van der Waals surface area contributed by atoms with Crippen molar-refractivity contribution < 1.29 is 18.1 Å². The van der Waals surface area contributed by atoms with Gasteiger partial charge in [-0.2, -0.15) is 0 Å². The number of amides is 1. The number of non-ortho nitro benzene ring substituents is 1. The second kappa shape index (κ2) is 4.51. The number of nitrogens with zero attached hydrogens (tertiary/aromatic N) is 2. The highest BCUT2D eigenvalue weighted by atomic mass is 79.9. The number of carbonyl (C=O) groups excluding carboxylic acids is 1. The third-order valence-electron chi connectivity index (χ3n) is 3.92. The van der Waals surface area contributed by atoms with Crippen LogP contribution in [0.15, 0.2) is 23.1 Å². The van der Waals surface area contributed by atoms with Gasteiger partial charge in [-0.3, -0.25) is 14.9 Å². The van der Waals surface area contributed by atoms with Crippen molar-refractivity contribution in [3.63, 3.8) is 0 Å². The Balaban J connectivity index is 2.04. The average molecular weight is 375 g/mol. The number of nitro groups is 1. The molecule has 7 nitrogen and oxygen atoms in total. The average Bonchev–Trinajstić information content (AvgIpc) is 3.20. The SMILES string of the molecule is O=C1c2ccc([N+](=O)[O-])cc2S(=O)(=O)N1CC1(CBr)CC1. The Hall–Kier alpha value is -1.48. The number of benzene rings is 1. The maximum Gasteiger partial charge on any atom is 0.270 e. The first-order chi connectivity index (χ1) is 9.81. The van der Waals surface area contributed by atoms with Gasteiger partial charge in [-0.15, -0.1) is 0 Å². The van der Waals surface area contributed by atoms with Crippen LogP contribution < -0.4 is 0 Å². The third kappa shape index (κ3) is 2.15. The van der Waals surface area contributed by atoms with Gasteiger partial charge in [-0.25, -0.2) is 12.7 Å². The van der Waals surface area contributed by atoms with Crippen LogP contribution in [0.5, 0.6) is 0 Å². The molecular formula is C12H11BrN2O5S. The van der Waals surface area contributed by atoms with Gasteiger partial charge < -0.3 is 0 Å². The van der Waals surface area contributed by atoms with Gasteiger partial charge in [-0.1, -0.05) is 15.9 Å². The van der Waals surface area contributed by atoms with Gasteiger partial charge in [0.05, 0.1) is 10.5 Å². The first-order valence-corrected chi connectivity index (χ1v) is 8.78. The first-order valence-electron chi connectivity index (χ1n) is 6.22. The molecule has 1 fully saturated rings. The largest absolute Gasteiger partial charge is 0.270 e. The number of fused-ring (bicyclic) bond motifs is 1. The van der Waals surface area contributed by atoms with Gasteiger partial charge in [-0.05, 0) is 24.3 Å². The number of sulfonamides is 1. The van der Waals surface area contributed by atoms with Crippen molar-refractivity contribution in [2.24, 2.45) is 5.41 Å². The molecule has 1 aliphatic carbocycles. The Morgan fingerprint density at radius 3 is 2.57 bits per heavy atom. The van der Waals surface area contributed by atoms with Crippen LogP contribution in [0.25, 0.3) is 0 Å². The van der Waals surface area contributed by atoms with Crippen LogP contribution in [0.3, 0.4) is 0 Å². The predicted molar refractivity (Wildman–Crippen MR) is 76.8 cm³/mol. The first kappa shape index (κ1) is 14.5. The predicted octanol–water partition coefficient (Wildman–Crippen LogP) is 1.91. The zero-order valence-electron chi connectivity index (χ0n) is 10.8. The number of hydrogen-bond acceptors (Lipinski definition) is 5. The molecule has 1 aromatic carbocycles. The lowest BCUT2D eigenvalue weighted by atomic mass is 10.1. The van der Waals surface area contributed by atoms with Crippen molar-refractivity contribution in [1.82, 2.24) is 4.31 Å². The summed E-state index contributed by atoms with van der Waals surface area (Å²) in [6.45, 7) is 0.113. The monoisotopic (exact) mass is 374 g/mol. The number of rotatable bonds is 4. The standard InChI is InChI=1S/C12H11BrN2O5S/c13-6-12(3-4-12)7-14-11(16)9-2-1-8(15(17)18)5-10(9)21(14,19)20/h1-2,5H,3-4,6-7H2. The molecule has 0 N–H and O–H groups in total. The topological polar surface area (TPSA) is 97.6 Å². The van der Waals surface area contributed by atoms with Gasteiger partial charge in [0.15, 0.2) is 0 Å². The number of carbonyl (C=O) groups is 1. The molecule has 0 saturated heterocycles. The Kier molecular flexibility index (Phi) is 3.10. The molecule has 2 aliphatic rings. The summed E-state index contributed by atoms with van der Waals surface area (Å²) in [4.78, 5) is 22.1. The van der Waals surface area contributed by atoms with Crippen LogP contribution >= 0.6 is 15.9 Å². The van der Waals surface area contributed by atoms with E-state index in [0.717, 1.165) is 29.3 Å². The van der Waals surface area contributed by atoms with Crippen LogP contribution in [-0.2, 0) is 10.0 Å². The molecule has 0 spiro atoms. The van der Waals surface area contributed by atoms with E-state index in [4.69, 9.17) is 0 Å². The van der Waals surface area contributed by atoms with E-state index in [9.17, 15) is 23.3 Å². The minimum Gasteiger partial charge on any atom is -0.268 e. The molecule has 1 saturated carbocycles. The summed E-state index contributed by atoms with van der Waals surface area (Å²) in [5, 5.41) is 11.4. The normalized spacial score (nSPS) is 21.2. The van der Waals surface area contributed by atoms with Crippen molar-refractivity contribution >= 4 is 37.5 Å². The Morgan fingerprint density at radius 1 is 1.38 bits per heavy atom. The zero-order valence-corrected chi connectivity index (χ0v) is 13.2. The van der Waals surface area contributed by atoms with Crippen LogP contribution in [-0.4, -0.2) is 35.4 Å². The lowest BCUT2D eigenvalue weighted by Crippen LogP contribution is -2.36. The van der Waals surface area contributed by atoms with E-state index in [1.165, 1.54) is 6.07 Å². The van der Waals surface area contributed by atoms with E-state index in [1.54, 1.807) is 0 Å². The molecule has 0 unspecified atom stereocenters. The highest BCUT2D eigenvalue weighted by molar-refractivity contribution is 9.09. The molecule has 0 atom stereocenters. The molecule has 21 heavy (non-hydrogen) atoms.